The Morgan fingerprint density at radius 2 is 1.77 bits per heavy atom. The zero-order valence-electron chi connectivity index (χ0n) is 16.0. The van der Waals surface area contributed by atoms with Crippen molar-refractivity contribution in [3.63, 3.8) is 0 Å². The predicted octanol–water partition coefficient (Wildman–Crippen LogP) is 3.80. The van der Waals surface area contributed by atoms with Crippen LogP contribution in [-0.2, 0) is 26.2 Å². The van der Waals surface area contributed by atoms with E-state index in [1.807, 2.05) is 43.3 Å². The zero-order valence-corrected chi connectivity index (χ0v) is 16.0. The molecule has 0 aliphatic heterocycles. The van der Waals surface area contributed by atoms with Crippen LogP contribution < -0.4 is 5.32 Å². The number of anilines is 1. The number of ether oxygens (including phenoxy) is 1. The monoisotopic (exact) mass is 354 g/mol. The molecule has 2 rings (SSSR count). The second-order valence-electron chi connectivity index (χ2n) is 7.43. The number of carbonyl (C=O) groups excluding carboxylic acids is 2. The minimum Gasteiger partial charge on any atom is -0.452 e. The SMILES string of the molecule is Cc1ccc(CC(=O)OC(C)C(=O)Nc2ccc(C(C)(C)C)cc2)cn1. The molecule has 0 aliphatic carbocycles. The molecule has 0 aliphatic rings. The van der Waals surface area contributed by atoms with Gasteiger partial charge in [-0.2, -0.15) is 0 Å². The smallest absolute Gasteiger partial charge is 0.311 e. The average molecular weight is 354 g/mol. The third-order valence-electron chi connectivity index (χ3n) is 4.02. The summed E-state index contributed by atoms with van der Waals surface area (Å²) >= 11 is 0. The number of aromatic nitrogens is 1. The Labute approximate surface area is 154 Å². The molecule has 138 valence electrons. The molecule has 0 spiro atoms. The Morgan fingerprint density at radius 1 is 1.12 bits per heavy atom. The van der Waals surface area contributed by atoms with Gasteiger partial charge < -0.3 is 10.1 Å². The van der Waals surface area contributed by atoms with Crippen LogP contribution in [0.25, 0.3) is 0 Å². The molecule has 0 fully saturated rings. The standard InChI is InChI=1S/C21H26N2O3/c1-14-6-7-16(13-22-14)12-19(24)26-15(2)20(25)23-18-10-8-17(9-11-18)21(3,4)5/h6-11,13,15H,12H2,1-5H3,(H,23,25). The Bertz CT molecular complexity index is 759. The van der Waals surface area contributed by atoms with Gasteiger partial charge >= 0.3 is 5.97 Å². The molecule has 0 radical (unpaired) electrons. The molecule has 0 saturated carbocycles. The van der Waals surface area contributed by atoms with Crippen molar-refractivity contribution >= 4 is 17.6 Å². The van der Waals surface area contributed by atoms with Gasteiger partial charge in [0.25, 0.3) is 5.91 Å². The van der Waals surface area contributed by atoms with Gasteiger partial charge in [0, 0.05) is 17.6 Å². The fourth-order valence-corrected chi connectivity index (χ4v) is 2.36. The van der Waals surface area contributed by atoms with Crippen LogP contribution in [0.5, 0.6) is 0 Å². The molecule has 0 saturated heterocycles. The maximum atomic E-state index is 12.2. The largest absolute Gasteiger partial charge is 0.452 e. The second kappa shape index (κ2) is 8.13. The molecular weight excluding hydrogens is 328 g/mol. The number of aryl methyl sites for hydroxylation is 1. The van der Waals surface area contributed by atoms with E-state index in [9.17, 15) is 9.59 Å². The molecular formula is C21H26N2O3. The van der Waals surface area contributed by atoms with Crippen molar-refractivity contribution in [1.82, 2.24) is 4.98 Å². The first-order valence-corrected chi connectivity index (χ1v) is 8.67. The highest BCUT2D eigenvalue weighted by Gasteiger charge is 2.19. The Hall–Kier alpha value is -2.69. The zero-order chi connectivity index (χ0) is 19.3. The van der Waals surface area contributed by atoms with Gasteiger partial charge in [-0.15, -0.1) is 0 Å². The first kappa shape index (κ1) is 19.6. The molecule has 1 heterocycles. The summed E-state index contributed by atoms with van der Waals surface area (Å²) in [6.07, 6.45) is 0.853. The van der Waals surface area contributed by atoms with E-state index in [2.05, 4.69) is 31.1 Å². The summed E-state index contributed by atoms with van der Waals surface area (Å²) in [6.45, 7) is 9.83. The van der Waals surface area contributed by atoms with Gasteiger partial charge in [0.05, 0.1) is 6.42 Å². The summed E-state index contributed by atoms with van der Waals surface area (Å²) < 4.78 is 5.22. The molecule has 1 N–H and O–H groups in total. The minimum absolute atomic E-state index is 0.0518. The van der Waals surface area contributed by atoms with Crippen LogP contribution in [0.15, 0.2) is 42.6 Å². The number of amides is 1. The van der Waals surface area contributed by atoms with Gasteiger partial charge in [-0.1, -0.05) is 39.0 Å². The lowest BCUT2D eigenvalue weighted by molar-refractivity contribution is -0.152. The number of nitrogens with zero attached hydrogens (tertiary/aromatic N) is 1. The van der Waals surface area contributed by atoms with Crippen LogP contribution in [0.3, 0.4) is 0 Å². The van der Waals surface area contributed by atoms with Crippen LogP contribution in [0.2, 0.25) is 0 Å². The third kappa shape index (κ3) is 5.69. The van der Waals surface area contributed by atoms with Crippen molar-refractivity contribution in [2.24, 2.45) is 0 Å². The number of hydrogen-bond donors (Lipinski definition) is 1. The molecule has 5 heteroatoms. The van der Waals surface area contributed by atoms with Crippen LogP contribution in [0.1, 0.15) is 44.5 Å². The van der Waals surface area contributed by atoms with Gasteiger partial charge in [0.15, 0.2) is 6.10 Å². The molecule has 5 nitrogen and oxygen atoms in total. The Balaban J connectivity index is 1.88. The van der Waals surface area contributed by atoms with Gasteiger partial charge in [0.2, 0.25) is 0 Å². The van der Waals surface area contributed by atoms with Crippen LogP contribution in [0, 0.1) is 6.92 Å². The van der Waals surface area contributed by atoms with E-state index in [4.69, 9.17) is 4.74 Å². The fraction of sp³-hybridized carbons (Fsp3) is 0.381. The normalized spacial score (nSPS) is 12.3. The van der Waals surface area contributed by atoms with Crippen molar-refractivity contribution in [2.75, 3.05) is 5.32 Å². The molecule has 1 amide bonds. The highest BCUT2D eigenvalue weighted by molar-refractivity contribution is 5.95. The number of hydrogen-bond acceptors (Lipinski definition) is 4. The molecule has 2 aromatic rings. The lowest BCUT2D eigenvalue weighted by Crippen LogP contribution is -2.30. The number of pyridine rings is 1. The second-order valence-corrected chi connectivity index (χ2v) is 7.43. The number of esters is 1. The van der Waals surface area contributed by atoms with Crippen LogP contribution in [-0.4, -0.2) is 23.0 Å². The lowest BCUT2D eigenvalue weighted by Gasteiger charge is -2.19. The highest BCUT2D eigenvalue weighted by Crippen LogP contribution is 2.23. The number of rotatable bonds is 5. The number of benzene rings is 1. The number of carbonyl (C=O) groups is 2. The summed E-state index contributed by atoms with van der Waals surface area (Å²) in [5, 5.41) is 2.77. The Kier molecular flexibility index (Phi) is 6.14. The van der Waals surface area contributed by atoms with Gasteiger partial charge in [-0.25, -0.2) is 0 Å². The summed E-state index contributed by atoms with van der Waals surface area (Å²) in [5.74, 6) is -0.815. The summed E-state index contributed by atoms with van der Waals surface area (Å²) in [7, 11) is 0. The molecule has 1 unspecified atom stereocenters. The van der Waals surface area contributed by atoms with Gasteiger partial charge in [-0.3, -0.25) is 14.6 Å². The van der Waals surface area contributed by atoms with Crippen molar-refractivity contribution in [3.8, 4) is 0 Å². The fourth-order valence-electron chi connectivity index (χ4n) is 2.36. The summed E-state index contributed by atoms with van der Waals surface area (Å²) in [5.41, 5.74) is 3.55. The Morgan fingerprint density at radius 3 is 2.31 bits per heavy atom. The van der Waals surface area contributed by atoms with Crippen molar-refractivity contribution in [3.05, 3.63) is 59.4 Å². The van der Waals surface area contributed by atoms with Gasteiger partial charge in [-0.05, 0) is 48.6 Å². The van der Waals surface area contributed by atoms with E-state index >= 15 is 0 Å². The van der Waals surface area contributed by atoms with Crippen molar-refractivity contribution in [1.29, 1.82) is 0 Å². The van der Waals surface area contributed by atoms with Crippen LogP contribution in [0.4, 0.5) is 5.69 Å². The average Bonchev–Trinajstić information content (AvgIpc) is 2.56. The van der Waals surface area contributed by atoms with E-state index in [0.717, 1.165) is 11.3 Å². The highest BCUT2D eigenvalue weighted by atomic mass is 16.5. The topological polar surface area (TPSA) is 68.3 Å². The lowest BCUT2D eigenvalue weighted by atomic mass is 9.87. The third-order valence-corrected chi connectivity index (χ3v) is 4.02. The summed E-state index contributed by atoms with van der Waals surface area (Å²) in [6, 6.07) is 11.3. The van der Waals surface area contributed by atoms with E-state index < -0.39 is 12.1 Å². The summed E-state index contributed by atoms with van der Waals surface area (Å²) in [4.78, 5) is 28.4. The minimum atomic E-state index is -0.872. The van der Waals surface area contributed by atoms with E-state index in [1.54, 1.807) is 13.1 Å². The molecule has 1 aromatic heterocycles. The molecule has 0 bridgehead atoms. The van der Waals surface area contributed by atoms with Crippen molar-refractivity contribution < 1.29 is 14.3 Å². The van der Waals surface area contributed by atoms with E-state index in [-0.39, 0.29) is 17.7 Å². The van der Waals surface area contributed by atoms with E-state index in [0.29, 0.717) is 5.69 Å². The molecule has 26 heavy (non-hydrogen) atoms. The maximum absolute atomic E-state index is 12.2. The molecule has 1 aromatic carbocycles. The quantitative estimate of drug-likeness (QED) is 0.829. The maximum Gasteiger partial charge on any atom is 0.311 e. The van der Waals surface area contributed by atoms with Gasteiger partial charge in [0.1, 0.15) is 0 Å². The van der Waals surface area contributed by atoms with E-state index in [1.165, 1.54) is 5.56 Å². The number of nitrogens with one attached hydrogen (secondary N) is 1. The molecule has 1 atom stereocenters. The first-order chi connectivity index (χ1) is 12.1. The first-order valence-electron chi connectivity index (χ1n) is 8.67. The predicted molar refractivity (Wildman–Crippen MR) is 102 cm³/mol. The van der Waals surface area contributed by atoms with Crippen LogP contribution >= 0.6 is 0 Å². The van der Waals surface area contributed by atoms with Crippen molar-refractivity contribution in [2.45, 2.75) is 52.6 Å².